The minimum absolute atomic E-state index is 0.0521. The molecule has 1 heterocycles. The smallest absolute Gasteiger partial charge is 0.261 e. The predicted molar refractivity (Wildman–Crippen MR) is 93.2 cm³/mol. The van der Waals surface area contributed by atoms with Crippen LogP contribution in [0.4, 0.5) is 5.13 Å². The predicted octanol–water partition coefficient (Wildman–Crippen LogP) is 2.43. The lowest BCUT2D eigenvalue weighted by atomic mass is 10.2. The fourth-order valence-corrected chi connectivity index (χ4v) is 4.20. The molecule has 0 radical (unpaired) electrons. The zero-order chi connectivity index (χ0) is 17.7. The molecule has 1 amide bonds. The summed E-state index contributed by atoms with van der Waals surface area (Å²) in [6.07, 6.45) is 1.57. The highest BCUT2D eigenvalue weighted by Crippen LogP contribution is 2.25. The Kier molecular flexibility index (Phi) is 5.92. The number of methoxy groups -OCH3 is 1. The maximum Gasteiger partial charge on any atom is 0.261 e. The van der Waals surface area contributed by atoms with Crippen molar-refractivity contribution in [1.29, 1.82) is 0 Å². The molecule has 0 aliphatic rings. The number of amides is 1. The molecule has 9 heteroatoms. The second-order valence-corrected chi connectivity index (χ2v) is 7.58. The number of hydrogen-bond acceptors (Lipinski definition) is 6. The average molecular weight is 369 g/mol. The lowest BCUT2D eigenvalue weighted by molar-refractivity contribution is 0.102. The van der Waals surface area contributed by atoms with Gasteiger partial charge in [0.05, 0.1) is 17.6 Å². The standard InChI is InChI=1S/C15H19N3O4S2/c1-4-18(5-2)24(20,21)11-6-7-13(22-3)12(10-11)14(19)17-15-16-8-9-23-15/h6-10H,4-5H2,1-3H3,(H,16,17,19). The van der Waals surface area contributed by atoms with Gasteiger partial charge in [0.15, 0.2) is 5.13 Å². The van der Waals surface area contributed by atoms with Gasteiger partial charge in [-0.3, -0.25) is 10.1 Å². The minimum atomic E-state index is -3.66. The number of benzene rings is 1. The third-order valence-corrected chi connectivity index (χ3v) is 6.15. The minimum Gasteiger partial charge on any atom is -0.496 e. The normalized spacial score (nSPS) is 11.5. The van der Waals surface area contributed by atoms with Crippen molar-refractivity contribution in [2.24, 2.45) is 0 Å². The summed E-state index contributed by atoms with van der Waals surface area (Å²) in [6, 6.07) is 4.25. The van der Waals surface area contributed by atoms with E-state index in [0.29, 0.717) is 24.0 Å². The van der Waals surface area contributed by atoms with Gasteiger partial charge in [-0.05, 0) is 18.2 Å². The topological polar surface area (TPSA) is 88.6 Å². The third-order valence-electron chi connectivity index (χ3n) is 3.41. The highest BCUT2D eigenvalue weighted by molar-refractivity contribution is 7.89. The largest absolute Gasteiger partial charge is 0.496 e. The summed E-state index contributed by atoms with van der Waals surface area (Å²) in [7, 11) is -2.23. The van der Waals surface area contributed by atoms with Crippen molar-refractivity contribution < 1.29 is 17.9 Å². The molecule has 1 N–H and O–H groups in total. The first kappa shape index (κ1) is 18.4. The molecule has 0 saturated carbocycles. The Bertz CT molecular complexity index is 800. The lowest BCUT2D eigenvalue weighted by Crippen LogP contribution is -2.30. The molecule has 0 unspecified atom stereocenters. The van der Waals surface area contributed by atoms with Crippen LogP contribution in [0, 0.1) is 0 Å². The molecule has 0 aliphatic heterocycles. The highest BCUT2D eigenvalue weighted by atomic mass is 32.2. The van der Waals surface area contributed by atoms with Crippen molar-refractivity contribution in [3.63, 3.8) is 0 Å². The molecule has 0 atom stereocenters. The Morgan fingerprint density at radius 2 is 2.04 bits per heavy atom. The van der Waals surface area contributed by atoms with Crippen molar-refractivity contribution in [2.75, 3.05) is 25.5 Å². The molecular formula is C15H19N3O4S2. The second kappa shape index (κ2) is 7.73. The number of anilines is 1. The van der Waals surface area contributed by atoms with Crippen LogP contribution in [0.15, 0.2) is 34.7 Å². The van der Waals surface area contributed by atoms with Gasteiger partial charge in [-0.1, -0.05) is 13.8 Å². The maximum atomic E-state index is 12.6. The molecule has 0 saturated heterocycles. The zero-order valence-electron chi connectivity index (χ0n) is 13.6. The number of nitrogens with one attached hydrogen (secondary N) is 1. The van der Waals surface area contributed by atoms with Gasteiger partial charge in [0.1, 0.15) is 5.75 Å². The summed E-state index contributed by atoms with van der Waals surface area (Å²) in [4.78, 5) is 16.5. The monoisotopic (exact) mass is 369 g/mol. The highest BCUT2D eigenvalue weighted by Gasteiger charge is 2.24. The van der Waals surface area contributed by atoms with Crippen molar-refractivity contribution >= 4 is 32.4 Å². The summed E-state index contributed by atoms with van der Waals surface area (Å²) in [5.74, 6) is -0.180. The van der Waals surface area contributed by atoms with Crippen LogP contribution in [0.5, 0.6) is 5.75 Å². The van der Waals surface area contributed by atoms with Crippen LogP contribution >= 0.6 is 11.3 Å². The van der Waals surface area contributed by atoms with Gasteiger partial charge in [0.25, 0.3) is 5.91 Å². The Morgan fingerprint density at radius 1 is 1.33 bits per heavy atom. The Labute approximate surface area is 145 Å². The Morgan fingerprint density at radius 3 is 2.58 bits per heavy atom. The number of thiazole rings is 1. The van der Waals surface area contributed by atoms with Crippen LogP contribution in [-0.4, -0.2) is 43.8 Å². The molecule has 1 aromatic heterocycles. The molecule has 2 aromatic rings. The van der Waals surface area contributed by atoms with Crippen molar-refractivity contribution in [3.8, 4) is 5.75 Å². The van der Waals surface area contributed by atoms with Crippen molar-refractivity contribution in [3.05, 3.63) is 35.3 Å². The van der Waals surface area contributed by atoms with Crippen molar-refractivity contribution in [2.45, 2.75) is 18.7 Å². The fraction of sp³-hybridized carbons (Fsp3) is 0.333. The van der Waals surface area contributed by atoms with E-state index in [-0.39, 0.29) is 10.5 Å². The molecule has 0 bridgehead atoms. The quantitative estimate of drug-likeness (QED) is 0.810. The number of nitrogens with zero attached hydrogens (tertiary/aromatic N) is 2. The van der Waals surface area contributed by atoms with Gasteiger partial charge in [-0.15, -0.1) is 11.3 Å². The number of ether oxygens (including phenoxy) is 1. The molecule has 1 aromatic carbocycles. The van der Waals surface area contributed by atoms with Crippen LogP contribution < -0.4 is 10.1 Å². The first-order valence-electron chi connectivity index (χ1n) is 7.33. The van der Waals surface area contributed by atoms with Gasteiger partial charge in [0, 0.05) is 24.7 Å². The van der Waals surface area contributed by atoms with E-state index in [9.17, 15) is 13.2 Å². The summed E-state index contributed by atoms with van der Waals surface area (Å²) in [6.45, 7) is 4.23. The molecular weight excluding hydrogens is 350 g/mol. The molecule has 0 aliphatic carbocycles. The van der Waals surface area contributed by atoms with Gasteiger partial charge < -0.3 is 4.74 Å². The molecule has 7 nitrogen and oxygen atoms in total. The van der Waals surface area contributed by atoms with E-state index in [2.05, 4.69) is 10.3 Å². The van der Waals surface area contributed by atoms with Crippen LogP contribution in [-0.2, 0) is 10.0 Å². The molecule has 0 fully saturated rings. The van der Waals surface area contributed by atoms with E-state index in [1.54, 1.807) is 25.4 Å². The SMILES string of the molecule is CCN(CC)S(=O)(=O)c1ccc(OC)c(C(=O)Nc2nccs2)c1. The summed E-state index contributed by atoms with van der Waals surface area (Å²) < 4.78 is 31.8. The van der Waals surface area contributed by atoms with Crippen LogP contribution in [0.3, 0.4) is 0 Å². The van der Waals surface area contributed by atoms with Crippen LogP contribution in [0.1, 0.15) is 24.2 Å². The van der Waals surface area contributed by atoms with E-state index in [1.165, 1.54) is 41.0 Å². The zero-order valence-corrected chi connectivity index (χ0v) is 15.3. The van der Waals surface area contributed by atoms with E-state index in [1.807, 2.05) is 0 Å². The number of carbonyl (C=O) groups excluding carboxylic acids is 1. The Hall–Kier alpha value is -1.97. The first-order valence-corrected chi connectivity index (χ1v) is 9.65. The third kappa shape index (κ3) is 3.74. The maximum absolute atomic E-state index is 12.6. The van der Waals surface area contributed by atoms with Gasteiger partial charge >= 0.3 is 0 Å². The number of aromatic nitrogens is 1. The molecule has 2 rings (SSSR count). The van der Waals surface area contributed by atoms with Crippen molar-refractivity contribution in [1.82, 2.24) is 9.29 Å². The summed E-state index contributed by atoms with van der Waals surface area (Å²) >= 11 is 1.27. The van der Waals surface area contributed by atoms with Gasteiger partial charge in [-0.25, -0.2) is 13.4 Å². The second-order valence-electron chi connectivity index (χ2n) is 4.74. The summed E-state index contributed by atoms with van der Waals surface area (Å²) in [5, 5.41) is 4.79. The van der Waals surface area contributed by atoms with Crippen LogP contribution in [0.25, 0.3) is 0 Å². The number of rotatable bonds is 7. The molecule has 0 spiro atoms. The number of carbonyl (C=O) groups is 1. The number of hydrogen-bond donors (Lipinski definition) is 1. The Balaban J connectivity index is 2.42. The van der Waals surface area contributed by atoms with Gasteiger partial charge in [-0.2, -0.15) is 4.31 Å². The fourth-order valence-electron chi connectivity index (χ4n) is 2.19. The summed E-state index contributed by atoms with van der Waals surface area (Å²) in [5.41, 5.74) is 0.140. The average Bonchev–Trinajstić information content (AvgIpc) is 3.08. The number of sulfonamides is 1. The van der Waals surface area contributed by atoms with Crippen LogP contribution in [0.2, 0.25) is 0 Å². The first-order chi connectivity index (χ1) is 11.4. The van der Waals surface area contributed by atoms with E-state index in [0.717, 1.165) is 0 Å². The van der Waals surface area contributed by atoms with Gasteiger partial charge in [0.2, 0.25) is 10.0 Å². The molecule has 130 valence electrons. The van der Waals surface area contributed by atoms with E-state index in [4.69, 9.17) is 4.74 Å². The van der Waals surface area contributed by atoms with E-state index < -0.39 is 15.9 Å². The molecule has 24 heavy (non-hydrogen) atoms. The lowest BCUT2D eigenvalue weighted by Gasteiger charge is -2.19. The van der Waals surface area contributed by atoms with E-state index >= 15 is 0 Å².